The molecule has 0 aromatic heterocycles. The van der Waals surface area contributed by atoms with Gasteiger partial charge < -0.3 is 10.4 Å². The predicted octanol–water partition coefficient (Wildman–Crippen LogP) is 1.39. The van der Waals surface area contributed by atoms with Crippen molar-refractivity contribution in [3.8, 4) is 6.07 Å². The topological polar surface area (TPSA) is 73.1 Å². The highest BCUT2D eigenvalue weighted by atomic mass is 35.5. The van der Waals surface area contributed by atoms with Crippen LogP contribution in [0.1, 0.15) is 12.0 Å². The van der Waals surface area contributed by atoms with Gasteiger partial charge in [-0.15, -0.1) is 0 Å². The van der Waals surface area contributed by atoms with Crippen LogP contribution in [-0.2, 0) is 10.4 Å². The first kappa shape index (κ1) is 9.97. The van der Waals surface area contributed by atoms with Crippen molar-refractivity contribution in [1.29, 1.82) is 5.26 Å². The number of fused-ring (bicyclic) bond motifs is 1. The molecule has 4 nitrogen and oxygen atoms in total. The van der Waals surface area contributed by atoms with Gasteiger partial charge in [0, 0.05) is 16.3 Å². The lowest BCUT2D eigenvalue weighted by molar-refractivity contribution is -0.133. The van der Waals surface area contributed by atoms with Crippen LogP contribution in [0.15, 0.2) is 18.2 Å². The summed E-state index contributed by atoms with van der Waals surface area (Å²) in [5.41, 5.74) is -1.06. The molecule has 0 bridgehead atoms. The molecule has 0 aliphatic carbocycles. The molecular formula is C10H7ClN2O2. The first-order valence-electron chi connectivity index (χ1n) is 4.29. The van der Waals surface area contributed by atoms with E-state index in [2.05, 4.69) is 5.32 Å². The van der Waals surface area contributed by atoms with Crippen molar-refractivity contribution in [3.63, 3.8) is 0 Å². The quantitative estimate of drug-likeness (QED) is 0.754. The molecule has 1 aliphatic rings. The van der Waals surface area contributed by atoms with Gasteiger partial charge in [0.15, 0.2) is 5.60 Å². The van der Waals surface area contributed by atoms with Crippen molar-refractivity contribution in [2.75, 3.05) is 5.32 Å². The number of benzene rings is 1. The van der Waals surface area contributed by atoms with Gasteiger partial charge in [0.25, 0.3) is 5.91 Å². The molecule has 1 atom stereocenters. The van der Waals surface area contributed by atoms with Crippen LogP contribution in [-0.4, -0.2) is 11.0 Å². The first-order chi connectivity index (χ1) is 7.09. The number of nitriles is 1. The van der Waals surface area contributed by atoms with E-state index in [9.17, 15) is 9.90 Å². The monoisotopic (exact) mass is 222 g/mol. The molecular weight excluding hydrogens is 216 g/mol. The smallest absolute Gasteiger partial charge is 0.262 e. The Morgan fingerprint density at radius 1 is 1.60 bits per heavy atom. The number of carbonyl (C=O) groups is 1. The van der Waals surface area contributed by atoms with Crippen molar-refractivity contribution < 1.29 is 9.90 Å². The molecule has 15 heavy (non-hydrogen) atoms. The lowest BCUT2D eigenvalue weighted by Crippen LogP contribution is -2.33. The van der Waals surface area contributed by atoms with Crippen LogP contribution in [0, 0.1) is 11.3 Å². The Labute approximate surface area is 91.1 Å². The van der Waals surface area contributed by atoms with E-state index in [1.54, 1.807) is 24.3 Å². The van der Waals surface area contributed by atoms with E-state index in [4.69, 9.17) is 16.9 Å². The standard InChI is InChI=1S/C10H7ClN2O2/c11-6-2-1-3-7-8(6)10(15,4-5-12)9(14)13-7/h1-3,15H,4H2,(H,13,14). The molecule has 2 rings (SSSR count). The second kappa shape index (κ2) is 3.23. The van der Waals surface area contributed by atoms with Gasteiger partial charge >= 0.3 is 0 Å². The number of anilines is 1. The second-order valence-corrected chi connectivity index (χ2v) is 3.72. The molecule has 0 saturated carbocycles. The van der Waals surface area contributed by atoms with Crippen LogP contribution in [0.4, 0.5) is 5.69 Å². The Bertz CT molecular complexity index is 481. The Morgan fingerprint density at radius 3 is 3.00 bits per heavy atom. The van der Waals surface area contributed by atoms with Crippen LogP contribution in [0.2, 0.25) is 5.02 Å². The predicted molar refractivity (Wildman–Crippen MR) is 54.2 cm³/mol. The highest BCUT2D eigenvalue weighted by Gasteiger charge is 2.46. The first-order valence-corrected chi connectivity index (χ1v) is 4.67. The summed E-state index contributed by atoms with van der Waals surface area (Å²) in [4.78, 5) is 11.5. The minimum absolute atomic E-state index is 0.281. The molecule has 1 aromatic rings. The largest absolute Gasteiger partial charge is 0.374 e. The third kappa shape index (κ3) is 1.29. The van der Waals surface area contributed by atoms with E-state index in [0.29, 0.717) is 11.3 Å². The number of carbonyl (C=O) groups excluding carboxylic acids is 1. The SMILES string of the molecule is N#CCC1(O)C(=O)Nc2cccc(Cl)c21. The summed E-state index contributed by atoms with van der Waals surface area (Å²) in [6.07, 6.45) is -0.310. The van der Waals surface area contributed by atoms with Gasteiger partial charge in [-0.1, -0.05) is 17.7 Å². The highest BCUT2D eigenvalue weighted by Crippen LogP contribution is 2.42. The zero-order valence-electron chi connectivity index (χ0n) is 7.62. The van der Waals surface area contributed by atoms with Crippen LogP contribution >= 0.6 is 11.6 Å². The Balaban J connectivity index is 2.64. The average molecular weight is 223 g/mol. The molecule has 0 fully saturated rings. The van der Waals surface area contributed by atoms with E-state index in [1.807, 2.05) is 0 Å². The van der Waals surface area contributed by atoms with Crippen LogP contribution in [0.3, 0.4) is 0 Å². The van der Waals surface area contributed by atoms with Crippen molar-refractivity contribution in [2.24, 2.45) is 0 Å². The third-order valence-corrected chi connectivity index (χ3v) is 2.70. The van der Waals surface area contributed by atoms with Gasteiger partial charge in [-0.05, 0) is 12.1 Å². The fourth-order valence-corrected chi connectivity index (χ4v) is 2.00. The number of rotatable bonds is 1. The summed E-state index contributed by atoms with van der Waals surface area (Å²) in [7, 11) is 0. The number of aliphatic hydroxyl groups is 1. The van der Waals surface area contributed by atoms with Gasteiger partial charge in [-0.3, -0.25) is 4.79 Å². The molecule has 5 heteroatoms. The van der Waals surface area contributed by atoms with Gasteiger partial charge in [0.05, 0.1) is 12.5 Å². The van der Waals surface area contributed by atoms with Crippen molar-refractivity contribution >= 4 is 23.2 Å². The normalized spacial score (nSPS) is 23.1. The van der Waals surface area contributed by atoms with Crippen LogP contribution in [0.25, 0.3) is 0 Å². The third-order valence-electron chi connectivity index (χ3n) is 2.39. The van der Waals surface area contributed by atoms with E-state index < -0.39 is 11.5 Å². The van der Waals surface area contributed by atoms with Gasteiger partial charge in [0.2, 0.25) is 0 Å². The highest BCUT2D eigenvalue weighted by molar-refractivity contribution is 6.33. The van der Waals surface area contributed by atoms with E-state index in [-0.39, 0.29) is 11.4 Å². The average Bonchev–Trinajstić information content (AvgIpc) is 2.41. The van der Waals surface area contributed by atoms with Crippen molar-refractivity contribution in [3.05, 3.63) is 28.8 Å². The summed E-state index contributed by atoms with van der Waals surface area (Å²) >= 11 is 5.89. The second-order valence-electron chi connectivity index (χ2n) is 3.31. The number of nitrogens with zero attached hydrogens (tertiary/aromatic N) is 1. The minimum Gasteiger partial charge on any atom is -0.374 e. The zero-order valence-corrected chi connectivity index (χ0v) is 8.38. The van der Waals surface area contributed by atoms with Crippen molar-refractivity contribution in [2.45, 2.75) is 12.0 Å². The number of amides is 1. The maximum atomic E-state index is 11.5. The summed E-state index contributed by atoms with van der Waals surface area (Å²) < 4.78 is 0. The van der Waals surface area contributed by atoms with E-state index >= 15 is 0 Å². The van der Waals surface area contributed by atoms with E-state index in [1.165, 1.54) is 0 Å². The van der Waals surface area contributed by atoms with Crippen LogP contribution < -0.4 is 5.32 Å². The maximum Gasteiger partial charge on any atom is 0.262 e. The molecule has 0 spiro atoms. The van der Waals surface area contributed by atoms with Gasteiger partial charge in [-0.2, -0.15) is 5.26 Å². The number of hydrogen-bond donors (Lipinski definition) is 2. The molecule has 1 heterocycles. The molecule has 1 amide bonds. The number of halogens is 1. The fraction of sp³-hybridized carbons (Fsp3) is 0.200. The molecule has 2 N–H and O–H groups in total. The minimum atomic E-state index is -1.82. The molecule has 1 aliphatic heterocycles. The maximum absolute atomic E-state index is 11.5. The Morgan fingerprint density at radius 2 is 2.33 bits per heavy atom. The Hall–Kier alpha value is -1.57. The summed E-state index contributed by atoms with van der Waals surface area (Å²) in [5.74, 6) is -0.604. The molecule has 76 valence electrons. The zero-order chi connectivity index (χ0) is 11.1. The Kier molecular flexibility index (Phi) is 2.14. The van der Waals surface area contributed by atoms with Crippen molar-refractivity contribution in [1.82, 2.24) is 0 Å². The molecule has 1 unspecified atom stereocenters. The summed E-state index contributed by atoms with van der Waals surface area (Å²) in [5, 5.41) is 21.4. The number of nitrogens with one attached hydrogen (secondary N) is 1. The summed E-state index contributed by atoms with van der Waals surface area (Å²) in [6.45, 7) is 0. The summed E-state index contributed by atoms with van der Waals surface area (Å²) in [6, 6.07) is 6.65. The van der Waals surface area contributed by atoms with Gasteiger partial charge in [-0.25, -0.2) is 0 Å². The van der Waals surface area contributed by atoms with Gasteiger partial charge in [0.1, 0.15) is 0 Å². The number of hydrogen-bond acceptors (Lipinski definition) is 3. The molecule has 0 saturated heterocycles. The molecule has 0 radical (unpaired) electrons. The lowest BCUT2D eigenvalue weighted by Gasteiger charge is -2.17. The van der Waals surface area contributed by atoms with E-state index in [0.717, 1.165) is 0 Å². The lowest BCUT2D eigenvalue weighted by atomic mass is 9.92. The molecule has 1 aromatic carbocycles. The fourth-order valence-electron chi connectivity index (χ4n) is 1.67. The van der Waals surface area contributed by atoms with Crippen LogP contribution in [0.5, 0.6) is 0 Å².